The lowest BCUT2D eigenvalue weighted by molar-refractivity contribution is -0.119. The zero-order valence-corrected chi connectivity index (χ0v) is 13.7. The van der Waals surface area contributed by atoms with E-state index in [0.717, 1.165) is 17.9 Å². The minimum Gasteiger partial charge on any atom is -0.455 e. The second-order valence-corrected chi connectivity index (χ2v) is 5.86. The first-order valence-corrected chi connectivity index (χ1v) is 8.16. The maximum absolute atomic E-state index is 12.3. The number of para-hydroxylation sites is 2. The highest BCUT2D eigenvalue weighted by Gasteiger charge is 2.18. The van der Waals surface area contributed by atoms with Crippen LogP contribution < -0.4 is 15.4 Å². The van der Waals surface area contributed by atoms with Crippen LogP contribution in [0.2, 0.25) is 0 Å². The topological polar surface area (TPSA) is 59.6 Å². The van der Waals surface area contributed by atoms with Crippen LogP contribution in [0.25, 0.3) is 0 Å². The number of carbonyl (C=O) groups is 1. The van der Waals surface area contributed by atoms with Gasteiger partial charge < -0.3 is 20.1 Å². The molecule has 2 N–H and O–H groups in total. The van der Waals surface area contributed by atoms with Gasteiger partial charge in [-0.25, -0.2) is 0 Å². The molecule has 2 aromatic rings. The molecule has 5 nitrogen and oxygen atoms in total. The van der Waals surface area contributed by atoms with E-state index in [1.807, 2.05) is 55.5 Å². The van der Waals surface area contributed by atoms with Crippen molar-refractivity contribution in [2.75, 3.05) is 25.0 Å². The van der Waals surface area contributed by atoms with E-state index < -0.39 is 0 Å². The predicted octanol–water partition coefficient (Wildman–Crippen LogP) is 3.10. The second-order valence-electron chi connectivity index (χ2n) is 5.86. The third-order valence-corrected chi connectivity index (χ3v) is 3.80. The molecule has 0 saturated carbocycles. The molecule has 1 aliphatic rings. The summed E-state index contributed by atoms with van der Waals surface area (Å²) in [6.07, 6.45) is 0.245. The van der Waals surface area contributed by atoms with Crippen molar-refractivity contribution in [3.8, 4) is 11.5 Å². The number of ether oxygens (including phenoxy) is 2. The standard InChI is InChI=1S/C19H22N2O3/c1-14-5-4-6-15(11-14)24-18-8-3-2-7-17(18)21-19(22)12-16-13-20-9-10-23-16/h2-8,11,16,20H,9-10,12-13H2,1H3,(H,21,22). The minimum atomic E-state index is -0.0800. The lowest BCUT2D eigenvalue weighted by Gasteiger charge is -2.23. The molecular weight excluding hydrogens is 304 g/mol. The molecule has 2 aromatic carbocycles. The van der Waals surface area contributed by atoms with Crippen molar-refractivity contribution in [1.82, 2.24) is 5.32 Å². The Kier molecular flexibility index (Phi) is 5.46. The lowest BCUT2D eigenvalue weighted by atomic mass is 10.2. The van der Waals surface area contributed by atoms with Crippen LogP contribution in [0, 0.1) is 6.92 Å². The Hall–Kier alpha value is -2.37. The van der Waals surface area contributed by atoms with Crippen LogP contribution in [-0.4, -0.2) is 31.7 Å². The molecule has 24 heavy (non-hydrogen) atoms. The zero-order chi connectivity index (χ0) is 16.8. The van der Waals surface area contributed by atoms with Crippen LogP contribution in [-0.2, 0) is 9.53 Å². The monoisotopic (exact) mass is 326 g/mol. The number of anilines is 1. The first kappa shape index (κ1) is 16.5. The van der Waals surface area contributed by atoms with Crippen LogP contribution in [0.15, 0.2) is 48.5 Å². The molecule has 1 saturated heterocycles. The fourth-order valence-electron chi connectivity index (χ4n) is 2.62. The number of carbonyl (C=O) groups excluding carboxylic acids is 1. The Morgan fingerprint density at radius 3 is 2.96 bits per heavy atom. The molecule has 126 valence electrons. The van der Waals surface area contributed by atoms with Gasteiger partial charge in [-0.3, -0.25) is 4.79 Å². The van der Waals surface area contributed by atoms with Crippen LogP contribution in [0.4, 0.5) is 5.69 Å². The molecule has 0 spiro atoms. The highest BCUT2D eigenvalue weighted by Crippen LogP contribution is 2.29. The summed E-state index contributed by atoms with van der Waals surface area (Å²) in [7, 11) is 0. The van der Waals surface area contributed by atoms with Gasteiger partial charge in [0.2, 0.25) is 5.91 Å². The van der Waals surface area contributed by atoms with E-state index in [-0.39, 0.29) is 12.0 Å². The molecule has 1 atom stereocenters. The van der Waals surface area contributed by atoms with Gasteiger partial charge in [-0.15, -0.1) is 0 Å². The maximum atomic E-state index is 12.3. The van der Waals surface area contributed by atoms with Crippen LogP contribution in [0.5, 0.6) is 11.5 Å². The summed E-state index contributed by atoms with van der Waals surface area (Å²) in [4.78, 5) is 12.3. The van der Waals surface area contributed by atoms with Gasteiger partial charge in [0.25, 0.3) is 0 Å². The predicted molar refractivity (Wildman–Crippen MR) is 93.6 cm³/mol. The molecule has 0 aromatic heterocycles. The molecule has 5 heteroatoms. The summed E-state index contributed by atoms with van der Waals surface area (Å²) in [6, 6.07) is 15.2. The third-order valence-electron chi connectivity index (χ3n) is 3.80. The third kappa shape index (κ3) is 4.57. The van der Waals surface area contributed by atoms with E-state index in [1.54, 1.807) is 0 Å². The Bertz CT molecular complexity index is 697. The Labute approximate surface area is 142 Å². The summed E-state index contributed by atoms with van der Waals surface area (Å²) < 4.78 is 11.5. The van der Waals surface area contributed by atoms with Crippen molar-refractivity contribution in [2.45, 2.75) is 19.4 Å². The first-order valence-electron chi connectivity index (χ1n) is 8.16. The number of nitrogens with one attached hydrogen (secondary N) is 2. The fourth-order valence-corrected chi connectivity index (χ4v) is 2.62. The van der Waals surface area contributed by atoms with Gasteiger partial charge in [-0.2, -0.15) is 0 Å². The van der Waals surface area contributed by atoms with Gasteiger partial charge in [0.15, 0.2) is 5.75 Å². The second kappa shape index (κ2) is 7.95. The average molecular weight is 326 g/mol. The normalized spacial score (nSPS) is 17.3. The number of morpholine rings is 1. The van der Waals surface area contributed by atoms with Gasteiger partial charge in [-0.05, 0) is 36.8 Å². The van der Waals surface area contributed by atoms with E-state index in [0.29, 0.717) is 31.0 Å². The van der Waals surface area contributed by atoms with E-state index >= 15 is 0 Å². The molecule has 1 fully saturated rings. The SMILES string of the molecule is Cc1cccc(Oc2ccccc2NC(=O)CC2CNCCO2)c1. The quantitative estimate of drug-likeness (QED) is 0.886. The van der Waals surface area contributed by atoms with Crippen molar-refractivity contribution < 1.29 is 14.3 Å². The van der Waals surface area contributed by atoms with Gasteiger partial charge >= 0.3 is 0 Å². The largest absolute Gasteiger partial charge is 0.455 e. The van der Waals surface area contributed by atoms with Crippen molar-refractivity contribution in [3.05, 3.63) is 54.1 Å². The smallest absolute Gasteiger partial charge is 0.227 e. The summed E-state index contributed by atoms with van der Waals surface area (Å²) in [5, 5.41) is 6.14. The summed E-state index contributed by atoms with van der Waals surface area (Å²) >= 11 is 0. The van der Waals surface area contributed by atoms with Crippen molar-refractivity contribution in [2.24, 2.45) is 0 Å². The minimum absolute atomic E-state index is 0.0796. The summed E-state index contributed by atoms with van der Waals surface area (Å²) in [6.45, 7) is 4.20. The molecule has 0 radical (unpaired) electrons. The van der Waals surface area contributed by atoms with Gasteiger partial charge in [0.05, 0.1) is 24.8 Å². The highest BCUT2D eigenvalue weighted by molar-refractivity contribution is 5.92. The number of hydrogen-bond acceptors (Lipinski definition) is 4. The molecular formula is C19H22N2O3. The Balaban J connectivity index is 1.66. The molecule has 0 aliphatic carbocycles. The van der Waals surface area contributed by atoms with Crippen molar-refractivity contribution >= 4 is 11.6 Å². The van der Waals surface area contributed by atoms with Crippen LogP contribution in [0.3, 0.4) is 0 Å². The molecule has 1 amide bonds. The summed E-state index contributed by atoms with van der Waals surface area (Å²) in [5.41, 5.74) is 1.78. The zero-order valence-electron chi connectivity index (χ0n) is 13.7. The number of benzene rings is 2. The molecule has 1 aliphatic heterocycles. The number of rotatable bonds is 5. The van der Waals surface area contributed by atoms with Gasteiger partial charge in [0.1, 0.15) is 5.75 Å². The Morgan fingerprint density at radius 1 is 1.29 bits per heavy atom. The Morgan fingerprint density at radius 2 is 2.17 bits per heavy atom. The van der Waals surface area contributed by atoms with Gasteiger partial charge in [0, 0.05) is 13.1 Å². The van der Waals surface area contributed by atoms with E-state index in [2.05, 4.69) is 10.6 Å². The average Bonchev–Trinajstić information content (AvgIpc) is 2.57. The highest BCUT2D eigenvalue weighted by atomic mass is 16.5. The van der Waals surface area contributed by atoms with Crippen LogP contribution >= 0.6 is 0 Å². The lowest BCUT2D eigenvalue weighted by Crippen LogP contribution is -2.40. The van der Waals surface area contributed by atoms with Crippen molar-refractivity contribution in [3.63, 3.8) is 0 Å². The van der Waals surface area contributed by atoms with Gasteiger partial charge in [-0.1, -0.05) is 24.3 Å². The van der Waals surface area contributed by atoms with E-state index in [9.17, 15) is 4.79 Å². The fraction of sp³-hybridized carbons (Fsp3) is 0.316. The number of hydrogen-bond donors (Lipinski definition) is 2. The molecule has 1 unspecified atom stereocenters. The molecule has 3 rings (SSSR count). The number of amides is 1. The molecule has 0 bridgehead atoms. The maximum Gasteiger partial charge on any atom is 0.227 e. The number of aryl methyl sites for hydroxylation is 1. The first-order chi connectivity index (χ1) is 11.7. The van der Waals surface area contributed by atoms with E-state index in [4.69, 9.17) is 9.47 Å². The molecule has 1 heterocycles. The summed E-state index contributed by atoms with van der Waals surface area (Å²) in [5.74, 6) is 1.29. The van der Waals surface area contributed by atoms with Crippen molar-refractivity contribution in [1.29, 1.82) is 0 Å². The van der Waals surface area contributed by atoms with E-state index in [1.165, 1.54) is 0 Å². The van der Waals surface area contributed by atoms with Crippen LogP contribution in [0.1, 0.15) is 12.0 Å².